The standard InChI is InChI=1S/C11H19N3O/c1-9(6-12)7-14-5-4-11(2,8-14)10(15)13-3/h9H,4-5,7-8H2,1-3H3,(H,13,15). The predicted molar refractivity (Wildman–Crippen MR) is 58.0 cm³/mol. The minimum atomic E-state index is -0.274. The summed E-state index contributed by atoms with van der Waals surface area (Å²) in [6.45, 7) is 6.34. The van der Waals surface area contributed by atoms with E-state index in [2.05, 4.69) is 16.3 Å². The molecule has 0 bridgehead atoms. The highest BCUT2D eigenvalue weighted by Gasteiger charge is 2.39. The molecule has 0 radical (unpaired) electrons. The Labute approximate surface area is 91.2 Å². The molecule has 1 N–H and O–H groups in total. The van der Waals surface area contributed by atoms with Crippen molar-refractivity contribution in [3.63, 3.8) is 0 Å². The van der Waals surface area contributed by atoms with Crippen molar-refractivity contribution in [3.8, 4) is 6.07 Å². The van der Waals surface area contributed by atoms with Crippen LogP contribution in [0.25, 0.3) is 0 Å². The van der Waals surface area contributed by atoms with Crippen LogP contribution in [0.15, 0.2) is 0 Å². The van der Waals surface area contributed by atoms with Crippen LogP contribution in [0, 0.1) is 22.7 Å². The molecule has 1 aliphatic rings. The first-order chi connectivity index (χ1) is 7.01. The molecule has 1 rings (SSSR count). The second-order valence-electron chi connectivity index (χ2n) is 4.66. The molecule has 0 aromatic heterocycles. The lowest BCUT2D eigenvalue weighted by molar-refractivity contribution is -0.129. The van der Waals surface area contributed by atoms with Gasteiger partial charge in [0.15, 0.2) is 0 Å². The molecule has 0 saturated carbocycles. The van der Waals surface area contributed by atoms with Gasteiger partial charge in [-0.2, -0.15) is 5.26 Å². The van der Waals surface area contributed by atoms with E-state index in [9.17, 15) is 4.79 Å². The number of carbonyl (C=O) groups is 1. The van der Waals surface area contributed by atoms with E-state index < -0.39 is 0 Å². The summed E-state index contributed by atoms with van der Waals surface area (Å²) >= 11 is 0. The molecule has 84 valence electrons. The van der Waals surface area contributed by atoms with Crippen LogP contribution in [0.5, 0.6) is 0 Å². The highest BCUT2D eigenvalue weighted by molar-refractivity contribution is 5.82. The molecule has 1 heterocycles. The third-order valence-electron chi connectivity index (χ3n) is 3.08. The number of hydrogen-bond donors (Lipinski definition) is 1. The molecule has 15 heavy (non-hydrogen) atoms. The average molecular weight is 209 g/mol. The summed E-state index contributed by atoms with van der Waals surface area (Å²) in [6, 6.07) is 2.22. The molecule has 1 fully saturated rings. The third-order valence-corrected chi connectivity index (χ3v) is 3.08. The lowest BCUT2D eigenvalue weighted by Gasteiger charge is -2.23. The molecule has 0 aromatic carbocycles. The Kier molecular flexibility index (Phi) is 3.70. The Hall–Kier alpha value is -1.08. The number of nitrogens with one attached hydrogen (secondary N) is 1. The normalized spacial score (nSPS) is 28.4. The van der Waals surface area contributed by atoms with Gasteiger partial charge in [-0.25, -0.2) is 0 Å². The molecule has 1 saturated heterocycles. The monoisotopic (exact) mass is 209 g/mol. The molecule has 4 heteroatoms. The molecule has 1 amide bonds. The zero-order chi connectivity index (χ0) is 11.5. The van der Waals surface area contributed by atoms with Gasteiger partial charge >= 0.3 is 0 Å². The summed E-state index contributed by atoms with van der Waals surface area (Å²) < 4.78 is 0. The Morgan fingerprint density at radius 3 is 2.93 bits per heavy atom. The first-order valence-electron chi connectivity index (χ1n) is 5.36. The van der Waals surface area contributed by atoms with Crippen molar-refractivity contribution in [3.05, 3.63) is 0 Å². The van der Waals surface area contributed by atoms with Gasteiger partial charge in [0.1, 0.15) is 0 Å². The van der Waals surface area contributed by atoms with E-state index in [0.29, 0.717) is 0 Å². The number of likely N-dealkylation sites (tertiary alicyclic amines) is 1. The van der Waals surface area contributed by atoms with Gasteiger partial charge in [-0.1, -0.05) is 0 Å². The summed E-state index contributed by atoms with van der Waals surface area (Å²) in [5, 5.41) is 11.4. The van der Waals surface area contributed by atoms with E-state index in [1.54, 1.807) is 7.05 Å². The van der Waals surface area contributed by atoms with E-state index in [0.717, 1.165) is 26.1 Å². The van der Waals surface area contributed by atoms with Crippen molar-refractivity contribution >= 4 is 5.91 Å². The molecular formula is C11H19N3O. The molecule has 0 spiro atoms. The van der Waals surface area contributed by atoms with E-state index in [-0.39, 0.29) is 17.2 Å². The minimum Gasteiger partial charge on any atom is -0.359 e. The van der Waals surface area contributed by atoms with Crippen molar-refractivity contribution in [1.82, 2.24) is 10.2 Å². The number of carbonyl (C=O) groups excluding carboxylic acids is 1. The summed E-state index contributed by atoms with van der Waals surface area (Å²) in [5.74, 6) is 0.145. The number of nitriles is 1. The number of amides is 1. The zero-order valence-corrected chi connectivity index (χ0v) is 9.71. The Morgan fingerprint density at radius 1 is 1.73 bits per heavy atom. The quantitative estimate of drug-likeness (QED) is 0.740. The van der Waals surface area contributed by atoms with Crippen LogP contribution < -0.4 is 5.32 Å². The summed E-state index contributed by atoms with van der Waals surface area (Å²) in [6.07, 6.45) is 0.880. The van der Waals surface area contributed by atoms with Crippen LogP contribution in [0.1, 0.15) is 20.3 Å². The molecule has 0 aromatic rings. The largest absolute Gasteiger partial charge is 0.359 e. The second-order valence-corrected chi connectivity index (χ2v) is 4.66. The van der Waals surface area contributed by atoms with Crippen LogP contribution in [0.3, 0.4) is 0 Å². The molecule has 2 atom stereocenters. The average Bonchev–Trinajstić information content (AvgIpc) is 2.60. The number of nitrogens with zero attached hydrogens (tertiary/aromatic N) is 2. The third kappa shape index (κ3) is 2.69. The van der Waals surface area contributed by atoms with Crippen LogP contribution >= 0.6 is 0 Å². The van der Waals surface area contributed by atoms with E-state index >= 15 is 0 Å². The summed E-state index contributed by atoms with van der Waals surface area (Å²) in [7, 11) is 1.67. The first-order valence-corrected chi connectivity index (χ1v) is 5.36. The van der Waals surface area contributed by atoms with Crippen molar-refractivity contribution < 1.29 is 4.79 Å². The maximum absolute atomic E-state index is 11.6. The van der Waals surface area contributed by atoms with Crippen LogP contribution in [0.4, 0.5) is 0 Å². The Balaban J connectivity index is 2.52. The predicted octanol–water partition coefficient (Wildman–Crippen LogP) is 0.604. The van der Waals surface area contributed by atoms with E-state index in [1.165, 1.54) is 0 Å². The highest BCUT2D eigenvalue weighted by Crippen LogP contribution is 2.30. The van der Waals surface area contributed by atoms with Gasteiger partial charge in [-0.3, -0.25) is 4.79 Å². The molecule has 4 nitrogen and oxygen atoms in total. The fraction of sp³-hybridized carbons (Fsp3) is 0.818. The van der Waals surface area contributed by atoms with Gasteiger partial charge in [0.05, 0.1) is 17.4 Å². The van der Waals surface area contributed by atoms with Crippen molar-refractivity contribution in [2.24, 2.45) is 11.3 Å². The fourth-order valence-electron chi connectivity index (χ4n) is 2.13. The maximum atomic E-state index is 11.6. The molecule has 0 aliphatic carbocycles. The van der Waals surface area contributed by atoms with Crippen molar-refractivity contribution in [2.45, 2.75) is 20.3 Å². The summed E-state index contributed by atoms with van der Waals surface area (Å²) in [4.78, 5) is 13.8. The topological polar surface area (TPSA) is 56.1 Å². The lowest BCUT2D eigenvalue weighted by Crippen LogP contribution is -2.39. The van der Waals surface area contributed by atoms with Gasteiger partial charge in [0.25, 0.3) is 0 Å². The Bertz CT molecular complexity index is 284. The zero-order valence-electron chi connectivity index (χ0n) is 9.71. The maximum Gasteiger partial charge on any atom is 0.227 e. The van der Waals surface area contributed by atoms with Gasteiger partial charge < -0.3 is 10.2 Å². The van der Waals surface area contributed by atoms with E-state index in [4.69, 9.17) is 5.26 Å². The van der Waals surface area contributed by atoms with Gasteiger partial charge in [-0.15, -0.1) is 0 Å². The Morgan fingerprint density at radius 2 is 2.40 bits per heavy atom. The number of hydrogen-bond acceptors (Lipinski definition) is 3. The van der Waals surface area contributed by atoms with Gasteiger partial charge in [-0.05, 0) is 26.8 Å². The van der Waals surface area contributed by atoms with Crippen molar-refractivity contribution in [2.75, 3.05) is 26.7 Å². The molecule has 2 unspecified atom stereocenters. The van der Waals surface area contributed by atoms with Gasteiger partial charge in [0, 0.05) is 20.1 Å². The molecular weight excluding hydrogens is 190 g/mol. The van der Waals surface area contributed by atoms with Crippen LogP contribution in [-0.4, -0.2) is 37.5 Å². The smallest absolute Gasteiger partial charge is 0.227 e. The lowest BCUT2D eigenvalue weighted by atomic mass is 9.89. The minimum absolute atomic E-state index is 0.0389. The SMILES string of the molecule is CNC(=O)C1(C)CCN(CC(C)C#N)C1. The van der Waals surface area contributed by atoms with Gasteiger partial charge in [0.2, 0.25) is 5.91 Å². The van der Waals surface area contributed by atoms with E-state index in [1.807, 2.05) is 13.8 Å². The second kappa shape index (κ2) is 4.63. The first kappa shape index (κ1) is 12.0. The number of rotatable bonds is 3. The van der Waals surface area contributed by atoms with Crippen LogP contribution in [-0.2, 0) is 4.79 Å². The van der Waals surface area contributed by atoms with Crippen LogP contribution in [0.2, 0.25) is 0 Å². The fourth-order valence-corrected chi connectivity index (χ4v) is 2.13. The molecule has 1 aliphatic heterocycles. The highest BCUT2D eigenvalue weighted by atomic mass is 16.2. The van der Waals surface area contributed by atoms with Crippen molar-refractivity contribution in [1.29, 1.82) is 5.26 Å². The summed E-state index contributed by atoms with van der Waals surface area (Å²) in [5.41, 5.74) is -0.274.